The third-order valence-corrected chi connectivity index (χ3v) is 5.63. The highest BCUT2D eigenvalue weighted by atomic mass is 32.1. The molecule has 0 fully saturated rings. The molecule has 0 aliphatic carbocycles. The van der Waals surface area contributed by atoms with Gasteiger partial charge in [-0.3, -0.25) is 4.79 Å². The van der Waals surface area contributed by atoms with E-state index in [1.165, 1.54) is 17.5 Å². The molecular weight excluding hydrogens is 378 g/mol. The number of aromatic nitrogens is 2. The van der Waals surface area contributed by atoms with E-state index >= 15 is 0 Å². The van der Waals surface area contributed by atoms with Gasteiger partial charge in [-0.1, -0.05) is 6.92 Å². The second-order valence-corrected chi connectivity index (χ2v) is 7.66. The Bertz CT molecular complexity index is 1020. The summed E-state index contributed by atoms with van der Waals surface area (Å²) in [7, 11) is 0. The lowest BCUT2D eigenvalue weighted by Crippen LogP contribution is -2.16. The van der Waals surface area contributed by atoms with E-state index in [4.69, 9.17) is 5.73 Å². The highest BCUT2D eigenvalue weighted by Gasteiger charge is 2.27. The fourth-order valence-electron chi connectivity index (χ4n) is 3.04. The van der Waals surface area contributed by atoms with Crippen LogP contribution in [-0.2, 0) is 13.0 Å². The van der Waals surface area contributed by atoms with Gasteiger partial charge in [0.2, 0.25) is 0 Å². The summed E-state index contributed by atoms with van der Waals surface area (Å²) in [4.78, 5) is 29.8. The quantitative estimate of drug-likeness (QED) is 0.522. The molecule has 0 aliphatic rings. The van der Waals surface area contributed by atoms with Crippen molar-refractivity contribution in [3.8, 4) is 16.3 Å². The Hall–Kier alpha value is -3.13. The molecule has 4 N–H and O–H groups in total. The largest absolute Gasteiger partial charge is 0.508 e. The fraction of sp³-hybridized carbons (Fsp3) is 0.250. The number of thiazole rings is 1. The Morgan fingerprint density at radius 2 is 1.96 bits per heavy atom. The van der Waals surface area contributed by atoms with Crippen LogP contribution in [0, 0.1) is 5.92 Å². The molecule has 1 aromatic carbocycles. The number of Topliss-reactive ketones (excluding diaryl/α,β-unsaturated/α-hetero) is 1. The molecule has 28 heavy (non-hydrogen) atoms. The van der Waals surface area contributed by atoms with E-state index in [1.807, 2.05) is 6.92 Å². The van der Waals surface area contributed by atoms with Crippen molar-refractivity contribution in [1.82, 2.24) is 9.55 Å². The number of ketones is 1. The minimum absolute atomic E-state index is 0.0953. The predicted molar refractivity (Wildman–Crippen MR) is 108 cm³/mol. The number of anilines is 1. The number of carboxylic acids is 1. The first kappa shape index (κ1) is 19.6. The molecule has 0 radical (unpaired) electrons. The van der Waals surface area contributed by atoms with Crippen LogP contribution in [0.4, 0.5) is 5.82 Å². The third-order valence-electron chi connectivity index (χ3n) is 4.56. The molecule has 2 heterocycles. The lowest BCUT2D eigenvalue weighted by molar-refractivity contribution is 0.0692. The number of phenolic OH excluding ortho intramolecular Hbond substituents is 1. The van der Waals surface area contributed by atoms with Gasteiger partial charge in [0.15, 0.2) is 5.78 Å². The van der Waals surface area contributed by atoms with Crippen LogP contribution in [0.2, 0.25) is 0 Å². The van der Waals surface area contributed by atoms with E-state index in [2.05, 4.69) is 4.98 Å². The van der Waals surface area contributed by atoms with E-state index < -0.39 is 11.9 Å². The second kappa shape index (κ2) is 7.85. The summed E-state index contributed by atoms with van der Waals surface area (Å²) in [6.07, 6.45) is 3.69. The number of aromatic hydroxyl groups is 1. The minimum atomic E-state index is -1.20. The van der Waals surface area contributed by atoms with Gasteiger partial charge in [0, 0.05) is 35.3 Å². The van der Waals surface area contributed by atoms with Gasteiger partial charge in [-0.2, -0.15) is 0 Å². The Morgan fingerprint density at radius 1 is 1.29 bits per heavy atom. The number of benzene rings is 1. The molecule has 0 spiro atoms. The van der Waals surface area contributed by atoms with Gasteiger partial charge in [0.1, 0.15) is 22.1 Å². The molecule has 7 nitrogen and oxygen atoms in total. The van der Waals surface area contributed by atoms with E-state index in [-0.39, 0.29) is 28.5 Å². The average Bonchev–Trinajstić information content (AvgIpc) is 3.25. The van der Waals surface area contributed by atoms with E-state index in [9.17, 15) is 19.8 Å². The molecule has 1 unspecified atom stereocenters. The van der Waals surface area contributed by atoms with Crippen LogP contribution in [0.5, 0.6) is 5.75 Å². The Labute approximate surface area is 166 Å². The molecule has 3 aromatic rings. The van der Waals surface area contributed by atoms with Crippen molar-refractivity contribution in [2.45, 2.75) is 26.8 Å². The molecule has 0 aliphatic heterocycles. The number of aromatic carboxylic acids is 1. The van der Waals surface area contributed by atoms with Crippen molar-refractivity contribution in [2.24, 2.45) is 5.92 Å². The predicted octanol–water partition coefficient (Wildman–Crippen LogP) is 3.68. The average molecular weight is 399 g/mol. The van der Waals surface area contributed by atoms with Crippen molar-refractivity contribution in [1.29, 1.82) is 0 Å². The second-order valence-electron chi connectivity index (χ2n) is 6.54. The SMILES string of the molecule is CCn1cc(C(=O)C(C)Cc2cnc(-c3ccc(O)cc3)s2)c(C(=O)O)c1N. The first-order chi connectivity index (χ1) is 13.3. The Balaban J connectivity index is 1.80. The molecule has 146 valence electrons. The Morgan fingerprint density at radius 3 is 2.57 bits per heavy atom. The van der Waals surface area contributed by atoms with E-state index in [1.54, 1.807) is 42.0 Å². The van der Waals surface area contributed by atoms with E-state index in [0.717, 1.165) is 15.4 Å². The van der Waals surface area contributed by atoms with Crippen LogP contribution in [0.15, 0.2) is 36.7 Å². The number of aryl methyl sites for hydroxylation is 1. The third kappa shape index (κ3) is 3.77. The number of phenols is 1. The maximum Gasteiger partial charge on any atom is 0.340 e. The van der Waals surface area contributed by atoms with Gasteiger partial charge in [0.05, 0.1) is 5.56 Å². The van der Waals surface area contributed by atoms with Gasteiger partial charge < -0.3 is 20.5 Å². The highest BCUT2D eigenvalue weighted by Crippen LogP contribution is 2.29. The monoisotopic (exact) mass is 399 g/mol. The van der Waals surface area contributed by atoms with Crippen LogP contribution in [-0.4, -0.2) is 31.5 Å². The molecule has 2 aromatic heterocycles. The Kier molecular flexibility index (Phi) is 5.51. The van der Waals surface area contributed by atoms with Crippen LogP contribution >= 0.6 is 11.3 Å². The number of carbonyl (C=O) groups is 2. The summed E-state index contributed by atoms with van der Waals surface area (Å²) in [5.74, 6) is -1.59. The smallest absolute Gasteiger partial charge is 0.340 e. The first-order valence-corrected chi connectivity index (χ1v) is 9.63. The summed E-state index contributed by atoms with van der Waals surface area (Å²) in [6, 6.07) is 6.75. The minimum Gasteiger partial charge on any atom is -0.508 e. The normalized spacial score (nSPS) is 12.1. The van der Waals surface area contributed by atoms with Crippen LogP contribution in [0.3, 0.4) is 0 Å². The number of rotatable bonds is 7. The summed E-state index contributed by atoms with van der Waals surface area (Å²) in [5, 5.41) is 19.6. The molecule has 0 bridgehead atoms. The molecule has 3 rings (SSSR count). The summed E-state index contributed by atoms with van der Waals surface area (Å²) in [5.41, 5.74) is 6.78. The molecule has 0 saturated heterocycles. The lowest BCUT2D eigenvalue weighted by atomic mass is 9.95. The van der Waals surface area contributed by atoms with Crippen LogP contribution in [0.25, 0.3) is 10.6 Å². The van der Waals surface area contributed by atoms with Crippen molar-refractivity contribution in [2.75, 3.05) is 5.73 Å². The number of hydrogen-bond donors (Lipinski definition) is 3. The molecule has 0 amide bonds. The summed E-state index contributed by atoms with van der Waals surface area (Å²) < 4.78 is 1.57. The topological polar surface area (TPSA) is 118 Å². The number of carbonyl (C=O) groups excluding carboxylic acids is 1. The standard InChI is InChI=1S/C20H21N3O4S/c1-3-23-10-15(16(18(23)21)20(26)27)17(25)11(2)8-14-9-22-19(28-14)12-4-6-13(24)7-5-12/h4-7,9-11,24H,3,8,21H2,1-2H3,(H,26,27). The fourth-order valence-corrected chi connectivity index (χ4v) is 4.09. The molecule has 0 saturated carbocycles. The van der Waals surface area contributed by atoms with Crippen LogP contribution < -0.4 is 5.73 Å². The maximum absolute atomic E-state index is 12.9. The van der Waals surface area contributed by atoms with Crippen molar-refractivity contribution in [3.05, 3.63) is 52.7 Å². The molecular formula is C20H21N3O4S. The van der Waals surface area contributed by atoms with Crippen molar-refractivity contribution >= 4 is 28.9 Å². The van der Waals surface area contributed by atoms with Crippen molar-refractivity contribution < 1.29 is 19.8 Å². The van der Waals surface area contributed by atoms with Gasteiger partial charge in [0.25, 0.3) is 0 Å². The summed E-state index contributed by atoms with van der Waals surface area (Å²) in [6.45, 7) is 4.09. The number of nitrogen functional groups attached to an aromatic ring is 1. The first-order valence-electron chi connectivity index (χ1n) is 8.82. The lowest BCUT2D eigenvalue weighted by Gasteiger charge is -2.08. The highest BCUT2D eigenvalue weighted by molar-refractivity contribution is 7.15. The van der Waals surface area contributed by atoms with Gasteiger partial charge in [-0.05, 0) is 37.6 Å². The number of nitrogens with zero attached hydrogens (tertiary/aromatic N) is 2. The zero-order valence-electron chi connectivity index (χ0n) is 15.5. The van der Waals surface area contributed by atoms with Crippen LogP contribution in [0.1, 0.15) is 39.4 Å². The van der Waals surface area contributed by atoms with E-state index in [0.29, 0.717) is 13.0 Å². The number of carboxylic acid groups (broad SMARTS) is 1. The number of nitrogens with two attached hydrogens (primary N) is 1. The number of hydrogen-bond acceptors (Lipinski definition) is 6. The zero-order chi connectivity index (χ0) is 20.4. The molecule has 8 heteroatoms. The van der Waals surface area contributed by atoms with Gasteiger partial charge >= 0.3 is 5.97 Å². The summed E-state index contributed by atoms with van der Waals surface area (Å²) >= 11 is 1.46. The van der Waals surface area contributed by atoms with Gasteiger partial charge in [-0.25, -0.2) is 9.78 Å². The maximum atomic E-state index is 12.9. The van der Waals surface area contributed by atoms with Gasteiger partial charge in [-0.15, -0.1) is 11.3 Å². The zero-order valence-corrected chi connectivity index (χ0v) is 16.4. The molecule has 1 atom stereocenters. The van der Waals surface area contributed by atoms with Crippen molar-refractivity contribution in [3.63, 3.8) is 0 Å².